The fourth-order valence-corrected chi connectivity index (χ4v) is 2.96. The molecule has 0 unspecified atom stereocenters. The Balaban J connectivity index is 1.84. The van der Waals surface area contributed by atoms with Gasteiger partial charge in [-0.05, 0) is 34.5 Å². The summed E-state index contributed by atoms with van der Waals surface area (Å²) in [4.78, 5) is 0. The van der Waals surface area contributed by atoms with E-state index in [1.807, 2.05) is 28.9 Å². The minimum Gasteiger partial charge on any atom is -0.315 e. The highest BCUT2D eigenvalue weighted by atomic mass is 35.5. The van der Waals surface area contributed by atoms with E-state index in [0.29, 0.717) is 5.92 Å². The van der Waals surface area contributed by atoms with Crippen molar-refractivity contribution < 1.29 is 0 Å². The number of rotatable bonds is 8. The number of nitrogens with one attached hydrogen (secondary N) is 1. The molecule has 1 heterocycles. The maximum Gasteiger partial charge on any atom is 0.209 e. The van der Waals surface area contributed by atoms with Crippen LogP contribution >= 0.6 is 23.4 Å². The molecule has 0 bridgehead atoms. The molecule has 114 valence electrons. The molecule has 0 aliphatic carbocycles. The van der Waals surface area contributed by atoms with Crippen molar-refractivity contribution in [1.29, 1.82) is 0 Å². The highest BCUT2D eigenvalue weighted by molar-refractivity contribution is 7.98. The van der Waals surface area contributed by atoms with Crippen LogP contribution < -0.4 is 5.32 Å². The maximum atomic E-state index is 6.15. The third-order valence-electron chi connectivity index (χ3n) is 2.87. The topological polar surface area (TPSA) is 55.6 Å². The van der Waals surface area contributed by atoms with E-state index in [2.05, 4.69) is 34.7 Å². The zero-order valence-corrected chi connectivity index (χ0v) is 13.9. The van der Waals surface area contributed by atoms with Crippen LogP contribution in [0.25, 0.3) is 0 Å². The molecule has 0 fully saturated rings. The van der Waals surface area contributed by atoms with Gasteiger partial charge in [0.1, 0.15) is 0 Å². The van der Waals surface area contributed by atoms with E-state index < -0.39 is 0 Å². The average molecular weight is 326 g/mol. The molecule has 0 radical (unpaired) electrons. The monoisotopic (exact) mass is 325 g/mol. The second kappa shape index (κ2) is 8.36. The van der Waals surface area contributed by atoms with Crippen LogP contribution in [-0.2, 0) is 12.3 Å². The fraction of sp³-hybridized carbons (Fsp3) is 0.500. The van der Waals surface area contributed by atoms with Crippen molar-refractivity contribution in [3.8, 4) is 0 Å². The molecule has 0 saturated carbocycles. The van der Waals surface area contributed by atoms with Crippen LogP contribution in [0.2, 0.25) is 5.02 Å². The number of aromatic nitrogens is 4. The summed E-state index contributed by atoms with van der Waals surface area (Å²) in [6, 6.07) is 7.84. The quantitative estimate of drug-likeness (QED) is 0.597. The Hall–Kier alpha value is -1.11. The van der Waals surface area contributed by atoms with Crippen LogP contribution in [0.3, 0.4) is 0 Å². The van der Waals surface area contributed by atoms with Gasteiger partial charge in [0.2, 0.25) is 5.16 Å². The molecule has 0 spiro atoms. The summed E-state index contributed by atoms with van der Waals surface area (Å²) < 4.78 is 1.83. The van der Waals surface area contributed by atoms with Crippen LogP contribution in [0.15, 0.2) is 29.4 Å². The second-order valence-electron chi connectivity index (χ2n) is 5.16. The van der Waals surface area contributed by atoms with Crippen LogP contribution in [0.4, 0.5) is 0 Å². The van der Waals surface area contributed by atoms with Crippen molar-refractivity contribution in [3.63, 3.8) is 0 Å². The van der Waals surface area contributed by atoms with E-state index in [-0.39, 0.29) is 0 Å². The third-order valence-corrected chi connectivity index (χ3v) is 4.24. The van der Waals surface area contributed by atoms with Gasteiger partial charge in [-0.15, -0.1) is 5.10 Å². The van der Waals surface area contributed by atoms with Crippen molar-refractivity contribution >= 4 is 23.4 Å². The predicted octanol–water partition coefficient (Wildman–Crippen LogP) is 2.86. The molecule has 1 aromatic carbocycles. The van der Waals surface area contributed by atoms with Crippen molar-refractivity contribution in [2.45, 2.75) is 31.3 Å². The standard InChI is InChI=1S/C14H20ClN5S/c1-11(2)9-16-7-8-20-14(17-18-19-20)21-10-12-5-3-4-6-13(12)15/h3-6,11,16H,7-10H2,1-2H3. The second-order valence-corrected chi connectivity index (χ2v) is 6.51. The van der Waals surface area contributed by atoms with Gasteiger partial charge in [-0.3, -0.25) is 0 Å². The van der Waals surface area contributed by atoms with E-state index in [1.165, 1.54) is 0 Å². The number of benzene rings is 1. The first-order chi connectivity index (χ1) is 10.2. The lowest BCUT2D eigenvalue weighted by Crippen LogP contribution is -2.24. The van der Waals surface area contributed by atoms with Crippen molar-refractivity contribution in [2.75, 3.05) is 13.1 Å². The summed E-state index contributed by atoms with van der Waals surface area (Å²) in [7, 11) is 0. The molecular formula is C14H20ClN5S. The third kappa shape index (κ3) is 5.30. The van der Waals surface area contributed by atoms with E-state index in [9.17, 15) is 0 Å². The first-order valence-corrected chi connectivity index (χ1v) is 8.36. The summed E-state index contributed by atoms with van der Waals surface area (Å²) in [5.41, 5.74) is 1.09. The van der Waals surface area contributed by atoms with Crippen molar-refractivity contribution in [2.24, 2.45) is 5.92 Å². The summed E-state index contributed by atoms with van der Waals surface area (Å²) in [6.45, 7) is 7.02. The van der Waals surface area contributed by atoms with Crippen molar-refractivity contribution in [1.82, 2.24) is 25.5 Å². The average Bonchev–Trinajstić information content (AvgIpc) is 2.90. The molecular weight excluding hydrogens is 306 g/mol. The molecule has 21 heavy (non-hydrogen) atoms. The molecule has 0 amide bonds. The lowest BCUT2D eigenvalue weighted by Gasteiger charge is -2.08. The van der Waals surface area contributed by atoms with Gasteiger partial charge in [0.15, 0.2) is 0 Å². The molecule has 0 aliphatic heterocycles. The zero-order chi connectivity index (χ0) is 15.1. The van der Waals surface area contributed by atoms with Gasteiger partial charge >= 0.3 is 0 Å². The summed E-state index contributed by atoms with van der Waals surface area (Å²) in [6.07, 6.45) is 0. The molecule has 2 rings (SSSR count). The van der Waals surface area contributed by atoms with Gasteiger partial charge in [-0.2, -0.15) is 0 Å². The Labute approximate surface area is 134 Å². The first kappa shape index (κ1) is 16.3. The normalized spacial score (nSPS) is 11.2. The van der Waals surface area contributed by atoms with E-state index in [1.54, 1.807) is 11.8 Å². The first-order valence-electron chi connectivity index (χ1n) is 7.00. The van der Waals surface area contributed by atoms with Gasteiger partial charge in [0, 0.05) is 17.3 Å². The van der Waals surface area contributed by atoms with Crippen LogP contribution in [-0.4, -0.2) is 33.3 Å². The Bertz CT molecular complexity index is 558. The van der Waals surface area contributed by atoms with Crippen LogP contribution in [0.5, 0.6) is 0 Å². The smallest absolute Gasteiger partial charge is 0.209 e. The lowest BCUT2D eigenvalue weighted by molar-refractivity contribution is 0.482. The van der Waals surface area contributed by atoms with Gasteiger partial charge in [0.05, 0.1) is 6.54 Å². The largest absolute Gasteiger partial charge is 0.315 e. The number of hydrogen-bond acceptors (Lipinski definition) is 5. The Kier molecular flexibility index (Phi) is 6.48. The fourth-order valence-electron chi connectivity index (χ4n) is 1.77. The van der Waals surface area contributed by atoms with Crippen LogP contribution in [0, 0.1) is 5.92 Å². The highest BCUT2D eigenvalue weighted by Crippen LogP contribution is 2.24. The number of thioether (sulfide) groups is 1. The SMILES string of the molecule is CC(C)CNCCn1nnnc1SCc1ccccc1Cl. The van der Waals surface area contributed by atoms with Gasteiger partial charge in [0.25, 0.3) is 0 Å². The molecule has 1 aromatic heterocycles. The number of hydrogen-bond donors (Lipinski definition) is 1. The Morgan fingerprint density at radius 2 is 2.14 bits per heavy atom. The zero-order valence-electron chi connectivity index (χ0n) is 12.3. The molecule has 7 heteroatoms. The number of tetrazole rings is 1. The van der Waals surface area contributed by atoms with Gasteiger partial charge < -0.3 is 5.32 Å². The number of nitrogens with zero attached hydrogens (tertiary/aromatic N) is 4. The van der Waals surface area contributed by atoms with Gasteiger partial charge in [-0.1, -0.05) is 55.4 Å². The maximum absolute atomic E-state index is 6.15. The van der Waals surface area contributed by atoms with Crippen molar-refractivity contribution in [3.05, 3.63) is 34.9 Å². The van der Waals surface area contributed by atoms with E-state index >= 15 is 0 Å². The Morgan fingerprint density at radius 1 is 1.33 bits per heavy atom. The summed E-state index contributed by atoms with van der Waals surface area (Å²) in [5.74, 6) is 1.41. The molecule has 0 atom stereocenters. The minimum atomic E-state index is 0.646. The molecule has 1 N–H and O–H groups in total. The highest BCUT2D eigenvalue weighted by Gasteiger charge is 2.08. The molecule has 2 aromatic rings. The lowest BCUT2D eigenvalue weighted by atomic mass is 10.2. The van der Waals surface area contributed by atoms with E-state index in [0.717, 1.165) is 41.1 Å². The number of halogens is 1. The molecule has 5 nitrogen and oxygen atoms in total. The molecule has 0 aliphatic rings. The Morgan fingerprint density at radius 3 is 2.90 bits per heavy atom. The molecule has 0 saturated heterocycles. The van der Waals surface area contributed by atoms with Crippen LogP contribution in [0.1, 0.15) is 19.4 Å². The van der Waals surface area contributed by atoms with E-state index in [4.69, 9.17) is 11.6 Å². The summed E-state index contributed by atoms with van der Waals surface area (Å²) in [5, 5.41) is 16.8. The van der Waals surface area contributed by atoms with Gasteiger partial charge in [-0.25, -0.2) is 4.68 Å². The predicted molar refractivity (Wildman–Crippen MR) is 86.5 cm³/mol. The minimum absolute atomic E-state index is 0.646. The summed E-state index contributed by atoms with van der Waals surface area (Å²) >= 11 is 7.75.